The molecule has 1 aliphatic heterocycles. The third kappa shape index (κ3) is 5.90. The lowest BCUT2D eigenvalue weighted by molar-refractivity contribution is -0.137. The zero-order chi connectivity index (χ0) is 31.0. The van der Waals surface area contributed by atoms with E-state index in [1.54, 1.807) is 25.1 Å². The van der Waals surface area contributed by atoms with Crippen LogP contribution in [-0.4, -0.2) is 10.5 Å². The number of fused-ring (bicyclic) bond motifs is 1. The second-order valence-electron chi connectivity index (χ2n) is 9.98. The van der Waals surface area contributed by atoms with Crippen LogP contribution in [0.2, 0.25) is 0 Å². The van der Waals surface area contributed by atoms with Gasteiger partial charge in [0.05, 0.1) is 21.4 Å². The van der Waals surface area contributed by atoms with Crippen LogP contribution in [0.5, 0.6) is 5.75 Å². The van der Waals surface area contributed by atoms with Crippen LogP contribution < -0.4 is 24.9 Å². The number of ether oxygens (including phenoxy) is 1. The number of allylic oxidation sites excluding steroid dienone is 1. The Hall–Kier alpha value is -4.68. The number of aromatic nitrogens is 1. The Labute approximate surface area is 256 Å². The molecule has 4 heterocycles. The van der Waals surface area contributed by atoms with Crippen LogP contribution in [0.4, 0.5) is 18.9 Å². The van der Waals surface area contributed by atoms with Crippen molar-refractivity contribution in [2.75, 3.05) is 5.32 Å². The van der Waals surface area contributed by atoms with Crippen molar-refractivity contribution >= 4 is 40.3 Å². The van der Waals surface area contributed by atoms with Gasteiger partial charge in [-0.3, -0.25) is 14.2 Å². The highest BCUT2D eigenvalue weighted by Gasteiger charge is 2.33. The van der Waals surface area contributed by atoms with E-state index in [4.69, 9.17) is 9.15 Å². The lowest BCUT2D eigenvalue weighted by atomic mass is 10.0. The number of anilines is 1. The smallest absolute Gasteiger partial charge is 0.416 e. The van der Waals surface area contributed by atoms with Gasteiger partial charge in [0.15, 0.2) is 4.80 Å². The number of carbonyl (C=O) groups is 1. The summed E-state index contributed by atoms with van der Waals surface area (Å²) >= 11 is 2.62. The molecule has 0 saturated carbocycles. The van der Waals surface area contributed by atoms with Crippen LogP contribution in [0.3, 0.4) is 0 Å². The zero-order valence-corrected chi connectivity index (χ0v) is 25.0. The first-order valence-electron chi connectivity index (χ1n) is 13.4. The van der Waals surface area contributed by atoms with Gasteiger partial charge in [-0.25, -0.2) is 4.99 Å². The molecule has 44 heavy (non-hydrogen) atoms. The first kappa shape index (κ1) is 29.4. The largest absolute Gasteiger partial charge is 0.486 e. The number of amides is 1. The summed E-state index contributed by atoms with van der Waals surface area (Å²) in [5.41, 5.74) is 1.32. The first-order chi connectivity index (χ1) is 21.1. The Morgan fingerprint density at radius 1 is 1.09 bits per heavy atom. The number of alkyl halides is 3. The summed E-state index contributed by atoms with van der Waals surface area (Å²) in [5, 5.41) is 4.87. The average Bonchev–Trinajstić information content (AvgIpc) is 3.74. The fourth-order valence-electron chi connectivity index (χ4n) is 4.83. The molecule has 1 aliphatic rings. The van der Waals surface area contributed by atoms with Crippen LogP contribution in [0.25, 0.3) is 6.08 Å². The van der Waals surface area contributed by atoms with Crippen molar-refractivity contribution in [1.82, 2.24) is 4.57 Å². The molecule has 5 aromatic rings. The maximum Gasteiger partial charge on any atom is 0.416 e. The molecule has 7 nitrogen and oxygen atoms in total. The number of rotatable bonds is 7. The molecule has 0 unspecified atom stereocenters. The number of nitrogens with zero attached hydrogens (tertiary/aromatic N) is 2. The van der Waals surface area contributed by atoms with Gasteiger partial charge in [-0.2, -0.15) is 13.2 Å². The molecule has 2 aromatic carbocycles. The molecule has 0 bridgehead atoms. The van der Waals surface area contributed by atoms with Crippen LogP contribution >= 0.6 is 22.7 Å². The van der Waals surface area contributed by atoms with Gasteiger partial charge in [0.2, 0.25) is 0 Å². The average molecular weight is 636 g/mol. The third-order valence-electron chi connectivity index (χ3n) is 6.97. The maximum absolute atomic E-state index is 13.8. The minimum absolute atomic E-state index is 0.0531. The number of hydrogen-bond acceptors (Lipinski definition) is 7. The lowest BCUT2D eigenvalue weighted by Gasteiger charge is -2.24. The molecule has 0 aliphatic carbocycles. The van der Waals surface area contributed by atoms with Crippen LogP contribution in [0.15, 0.2) is 104 Å². The monoisotopic (exact) mass is 635 g/mol. The number of benzene rings is 2. The van der Waals surface area contributed by atoms with E-state index in [1.165, 1.54) is 39.4 Å². The van der Waals surface area contributed by atoms with Gasteiger partial charge in [-0.15, -0.1) is 11.3 Å². The maximum atomic E-state index is 13.8. The van der Waals surface area contributed by atoms with E-state index in [1.807, 2.05) is 48.7 Å². The second kappa shape index (κ2) is 11.8. The number of aryl methyl sites for hydroxylation is 1. The Bertz CT molecular complexity index is 2070. The number of thiophene rings is 1. The fourth-order valence-corrected chi connectivity index (χ4v) is 6.68. The van der Waals surface area contributed by atoms with Gasteiger partial charge in [-0.1, -0.05) is 41.7 Å². The summed E-state index contributed by atoms with van der Waals surface area (Å²) in [6.45, 7) is 3.56. The number of halogens is 3. The van der Waals surface area contributed by atoms with E-state index in [2.05, 4.69) is 10.3 Å². The van der Waals surface area contributed by atoms with E-state index in [0.717, 1.165) is 22.6 Å². The Kier molecular flexibility index (Phi) is 7.87. The molecule has 0 spiro atoms. The quantitative estimate of drug-likeness (QED) is 0.223. The van der Waals surface area contributed by atoms with Crippen molar-refractivity contribution in [2.24, 2.45) is 4.99 Å². The lowest BCUT2D eigenvalue weighted by Crippen LogP contribution is -2.40. The minimum atomic E-state index is -4.48. The van der Waals surface area contributed by atoms with Crippen LogP contribution in [0.1, 0.15) is 40.5 Å². The van der Waals surface area contributed by atoms with E-state index in [9.17, 15) is 22.8 Å². The van der Waals surface area contributed by atoms with Gasteiger partial charge < -0.3 is 14.5 Å². The van der Waals surface area contributed by atoms with E-state index >= 15 is 0 Å². The summed E-state index contributed by atoms with van der Waals surface area (Å²) in [6.07, 6.45) is -2.90. The summed E-state index contributed by atoms with van der Waals surface area (Å²) < 4.78 is 52.2. The molecule has 6 rings (SSSR count). The molecule has 224 valence electrons. The van der Waals surface area contributed by atoms with E-state index in [-0.39, 0.29) is 23.8 Å². The van der Waals surface area contributed by atoms with Gasteiger partial charge in [0.25, 0.3) is 11.5 Å². The molecule has 0 saturated heterocycles. The fraction of sp³-hybridized carbons (Fsp3) is 0.156. The Morgan fingerprint density at radius 3 is 2.66 bits per heavy atom. The number of furan rings is 1. The molecule has 1 amide bonds. The highest BCUT2D eigenvalue weighted by molar-refractivity contribution is 7.10. The Balaban J connectivity index is 1.30. The molecular formula is C32H24F3N3O4S2. The summed E-state index contributed by atoms with van der Waals surface area (Å²) in [6, 6.07) is 18.4. The van der Waals surface area contributed by atoms with Gasteiger partial charge >= 0.3 is 6.18 Å². The predicted octanol–water partition coefficient (Wildman–Crippen LogP) is 6.43. The van der Waals surface area contributed by atoms with Crippen molar-refractivity contribution in [3.05, 3.63) is 137 Å². The van der Waals surface area contributed by atoms with E-state index in [0.29, 0.717) is 37.8 Å². The Morgan fingerprint density at radius 2 is 1.91 bits per heavy atom. The second-order valence-corrected chi connectivity index (χ2v) is 12.0. The van der Waals surface area contributed by atoms with E-state index < -0.39 is 17.8 Å². The SMILES string of the molecule is CC1=C(C(=O)Nc2ccccc2C)[C@@H](c2cccs2)n2c(s/c(=C/c3ccc(COc4cccc(C(F)(F)F)c4)o3)c2=O)=N1. The predicted molar refractivity (Wildman–Crippen MR) is 162 cm³/mol. The highest BCUT2D eigenvalue weighted by atomic mass is 32.1. The number of hydrogen-bond donors (Lipinski definition) is 1. The first-order valence-corrected chi connectivity index (χ1v) is 15.1. The topological polar surface area (TPSA) is 85.8 Å². The zero-order valence-electron chi connectivity index (χ0n) is 23.3. The number of nitrogens with one attached hydrogen (secondary N) is 1. The van der Waals surface area contributed by atoms with Gasteiger partial charge in [0, 0.05) is 16.6 Å². The molecule has 1 atom stereocenters. The molecular weight excluding hydrogens is 611 g/mol. The minimum Gasteiger partial charge on any atom is -0.486 e. The van der Waals surface area contributed by atoms with Crippen LogP contribution in [0, 0.1) is 6.92 Å². The molecule has 0 fully saturated rings. The number of carbonyl (C=O) groups excluding carboxylic acids is 1. The summed E-state index contributed by atoms with van der Waals surface area (Å²) in [7, 11) is 0. The molecule has 0 radical (unpaired) electrons. The van der Waals surface area contributed by atoms with Crippen LogP contribution in [-0.2, 0) is 17.6 Å². The number of para-hydroxylation sites is 1. The van der Waals surface area contributed by atoms with Crippen molar-refractivity contribution in [1.29, 1.82) is 0 Å². The van der Waals surface area contributed by atoms with Gasteiger partial charge in [-0.05, 0) is 67.3 Å². The number of thiazole rings is 1. The molecule has 3 aromatic heterocycles. The highest BCUT2D eigenvalue weighted by Crippen LogP contribution is 2.34. The van der Waals surface area contributed by atoms with Crippen molar-refractivity contribution in [3.8, 4) is 5.75 Å². The summed E-state index contributed by atoms with van der Waals surface area (Å²) in [4.78, 5) is 33.4. The molecule has 12 heteroatoms. The van der Waals surface area contributed by atoms with Crippen molar-refractivity contribution in [3.63, 3.8) is 0 Å². The summed E-state index contributed by atoms with van der Waals surface area (Å²) in [5.74, 6) is 0.435. The third-order valence-corrected chi connectivity index (χ3v) is 8.88. The molecule has 1 N–H and O–H groups in total. The van der Waals surface area contributed by atoms with Crippen molar-refractivity contribution < 1.29 is 27.1 Å². The van der Waals surface area contributed by atoms with Crippen molar-refractivity contribution in [2.45, 2.75) is 32.7 Å². The normalized spacial score (nSPS) is 15.2. The standard InChI is InChI=1S/C32H24F3N3O4S2/c1-18-7-3-4-10-24(18)37-29(39)27-19(2)36-31-38(28(27)25-11-6-14-43-25)30(40)26(44-31)16-22-12-13-23(42-22)17-41-21-9-5-8-20(15-21)32(33,34)35/h3-16,28H,17H2,1-2H3,(H,37,39)/b26-16+/t28-/m1/s1. The van der Waals surface area contributed by atoms with Gasteiger partial charge in [0.1, 0.15) is 29.9 Å².